The average molecular weight is 417 g/mol. The molecule has 0 saturated heterocycles. The van der Waals surface area contributed by atoms with Crippen LogP contribution in [0, 0.1) is 0 Å². The molecule has 0 atom stereocenters. The Balaban J connectivity index is 0.00000361. The van der Waals surface area contributed by atoms with Crippen molar-refractivity contribution in [3.63, 3.8) is 0 Å². The van der Waals surface area contributed by atoms with Gasteiger partial charge >= 0.3 is 0 Å². The van der Waals surface area contributed by atoms with Crippen molar-refractivity contribution >= 4 is 39.8 Å². The third-order valence-corrected chi connectivity index (χ3v) is 5.80. The summed E-state index contributed by atoms with van der Waals surface area (Å²) in [4.78, 5) is 4.43. The molecule has 0 heterocycles. The molecule has 5 nitrogen and oxygen atoms in total. The van der Waals surface area contributed by atoms with E-state index in [0.717, 1.165) is 12.5 Å². The summed E-state index contributed by atoms with van der Waals surface area (Å²) in [7, 11) is -3.10. The Morgan fingerprint density at radius 1 is 1.30 bits per heavy atom. The third-order valence-electron chi connectivity index (χ3n) is 3.66. The molecule has 1 rings (SSSR count). The van der Waals surface area contributed by atoms with E-state index in [4.69, 9.17) is 0 Å². The number of guanidine groups is 1. The lowest BCUT2D eigenvalue weighted by molar-refractivity contribution is 0.553. The van der Waals surface area contributed by atoms with E-state index in [2.05, 4.69) is 15.6 Å². The lowest BCUT2D eigenvalue weighted by atomic mass is 10.2. The number of nitrogens with one attached hydrogen (secondary N) is 2. The van der Waals surface area contributed by atoms with Crippen LogP contribution in [0.4, 0.5) is 0 Å². The second-order valence-electron chi connectivity index (χ2n) is 5.85. The molecule has 0 spiro atoms. The Morgan fingerprint density at radius 3 is 2.30 bits per heavy atom. The Morgan fingerprint density at radius 2 is 1.85 bits per heavy atom. The van der Waals surface area contributed by atoms with Crippen LogP contribution in [0.1, 0.15) is 46.5 Å². The minimum atomic E-state index is -3.10. The van der Waals surface area contributed by atoms with Crippen LogP contribution in [-0.4, -0.2) is 44.5 Å². The van der Waals surface area contributed by atoms with Crippen molar-refractivity contribution in [3.05, 3.63) is 0 Å². The highest BCUT2D eigenvalue weighted by Gasteiger charge is 2.30. The standard InChI is InChI=1S/C13H27N3O2S.HI/c1-5-14-12(16-11-8-6-7-9-11)15-10-13(2,3)19(4,17)18;/h11H,5-10H2,1-4H3,(H2,14,15,16);1H. The Kier molecular flexibility index (Phi) is 8.39. The van der Waals surface area contributed by atoms with E-state index in [1.54, 1.807) is 13.8 Å². The van der Waals surface area contributed by atoms with Crippen LogP contribution < -0.4 is 10.6 Å². The second-order valence-corrected chi connectivity index (χ2v) is 8.50. The minimum absolute atomic E-state index is 0. The van der Waals surface area contributed by atoms with E-state index < -0.39 is 14.6 Å². The molecular formula is C13H28IN3O2S. The first-order valence-electron chi connectivity index (χ1n) is 7.00. The van der Waals surface area contributed by atoms with E-state index in [9.17, 15) is 8.42 Å². The molecule has 1 aliphatic rings. The molecule has 20 heavy (non-hydrogen) atoms. The fourth-order valence-corrected chi connectivity index (χ4v) is 2.27. The summed E-state index contributed by atoms with van der Waals surface area (Å²) in [6, 6.07) is 0.471. The van der Waals surface area contributed by atoms with Crippen LogP contribution >= 0.6 is 24.0 Å². The summed E-state index contributed by atoms with van der Waals surface area (Å²) < 4.78 is 22.5. The zero-order chi connectivity index (χ0) is 14.5. The van der Waals surface area contributed by atoms with Crippen molar-refractivity contribution in [1.82, 2.24) is 10.6 Å². The molecule has 0 amide bonds. The number of nitrogens with zero attached hydrogens (tertiary/aromatic N) is 1. The molecular weight excluding hydrogens is 389 g/mol. The van der Waals surface area contributed by atoms with Gasteiger partial charge in [0, 0.05) is 18.8 Å². The van der Waals surface area contributed by atoms with Gasteiger partial charge in [-0.1, -0.05) is 12.8 Å². The summed E-state index contributed by atoms with van der Waals surface area (Å²) in [5, 5.41) is 6.56. The number of halogens is 1. The Bertz CT molecular complexity index is 415. The number of rotatable bonds is 5. The molecule has 0 radical (unpaired) electrons. The van der Waals surface area contributed by atoms with Gasteiger partial charge in [0.05, 0.1) is 11.3 Å². The number of sulfone groups is 1. The van der Waals surface area contributed by atoms with Gasteiger partial charge in [0.2, 0.25) is 0 Å². The zero-order valence-electron chi connectivity index (χ0n) is 12.9. The second kappa shape index (κ2) is 8.41. The summed E-state index contributed by atoms with van der Waals surface area (Å²) in [5.41, 5.74) is 0. The molecule has 1 saturated carbocycles. The van der Waals surface area contributed by atoms with Crippen molar-refractivity contribution < 1.29 is 8.42 Å². The van der Waals surface area contributed by atoms with Crippen molar-refractivity contribution in [3.8, 4) is 0 Å². The predicted molar refractivity (Wildman–Crippen MR) is 95.7 cm³/mol. The van der Waals surface area contributed by atoms with Gasteiger partial charge in [-0.2, -0.15) is 0 Å². The van der Waals surface area contributed by atoms with Crippen molar-refractivity contribution in [2.24, 2.45) is 4.99 Å². The first-order valence-corrected chi connectivity index (χ1v) is 8.90. The number of hydrogen-bond acceptors (Lipinski definition) is 3. The lowest BCUT2D eigenvalue weighted by Crippen LogP contribution is -2.44. The van der Waals surface area contributed by atoms with Gasteiger partial charge in [-0.25, -0.2) is 8.42 Å². The predicted octanol–water partition coefficient (Wildman–Crippen LogP) is 1.93. The van der Waals surface area contributed by atoms with Gasteiger partial charge in [0.25, 0.3) is 0 Å². The van der Waals surface area contributed by atoms with Gasteiger partial charge in [0.1, 0.15) is 0 Å². The molecule has 0 aliphatic heterocycles. The molecule has 1 aliphatic carbocycles. The first-order chi connectivity index (χ1) is 8.76. The Labute approximate surface area is 140 Å². The van der Waals surface area contributed by atoms with Crippen LogP contribution in [0.15, 0.2) is 4.99 Å². The fourth-order valence-electron chi connectivity index (χ4n) is 1.97. The van der Waals surface area contributed by atoms with E-state index in [1.807, 2.05) is 6.92 Å². The van der Waals surface area contributed by atoms with Gasteiger partial charge in [-0.15, -0.1) is 24.0 Å². The highest BCUT2D eigenvalue weighted by molar-refractivity contribution is 14.0. The van der Waals surface area contributed by atoms with Crippen LogP contribution in [0.25, 0.3) is 0 Å². The first kappa shape index (κ1) is 19.9. The molecule has 7 heteroatoms. The molecule has 120 valence electrons. The number of hydrogen-bond donors (Lipinski definition) is 2. The molecule has 2 N–H and O–H groups in total. The smallest absolute Gasteiger partial charge is 0.191 e. The quantitative estimate of drug-likeness (QED) is 0.408. The maximum Gasteiger partial charge on any atom is 0.191 e. The summed E-state index contributed by atoms with van der Waals surface area (Å²) in [5.74, 6) is 0.728. The molecule has 0 bridgehead atoms. The minimum Gasteiger partial charge on any atom is -0.357 e. The molecule has 0 aromatic rings. The van der Waals surface area contributed by atoms with Gasteiger partial charge in [-0.3, -0.25) is 4.99 Å². The van der Waals surface area contributed by atoms with Gasteiger partial charge in [-0.05, 0) is 33.6 Å². The topological polar surface area (TPSA) is 70.6 Å². The normalized spacial score (nSPS) is 17.7. The largest absolute Gasteiger partial charge is 0.357 e. The van der Waals surface area contributed by atoms with Gasteiger partial charge in [0.15, 0.2) is 15.8 Å². The van der Waals surface area contributed by atoms with E-state index >= 15 is 0 Å². The van der Waals surface area contributed by atoms with Crippen LogP contribution in [0.5, 0.6) is 0 Å². The molecule has 0 aromatic carbocycles. The molecule has 0 unspecified atom stereocenters. The number of aliphatic imine (C=N–C) groups is 1. The highest BCUT2D eigenvalue weighted by atomic mass is 127. The van der Waals surface area contributed by atoms with Gasteiger partial charge < -0.3 is 10.6 Å². The third kappa shape index (κ3) is 6.15. The highest BCUT2D eigenvalue weighted by Crippen LogP contribution is 2.18. The SMILES string of the molecule is CCNC(=NCC(C)(C)S(C)(=O)=O)NC1CCCC1.I. The summed E-state index contributed by atoms with van der Waals surface area (Å²) in [6.45, 7) is 6.48. The van der Waals surface area contributed by atoms with E-state index in [-0.39, 0.29) is 30.5 Å². The zero-order valence-corrected chi connectivity index (χ0v) is 16.0. The average Bonchev–Trinajstić information content (AvgIpc) is 2.77. The Hall–Kier alpha value is -0.0500. The maximum atomic E-state index is 11.7. The van der Waals surface area contributed by atoms with Crippen molar-refractivity contribution in [1.29, 1.82) is 0 Å². The molecule has 0 aromatic heterocycles. The van der Waals surface area contributed by atoms with E-state index in [1.165, 1.54) is 31.9 Å². The van der Waals surface area contributed by atoms with Crippen LogP contribution in [0.3, 0.4) is 0 Å². The lowest BCUT2D eigenvalue weighted by Gasteiger charge is -2.22. The van der Waals surface area contributed by atoms with E-state index in [0.29, 0.717) is 6.04 Å². The van der Waals surface area contributed by atoms with Crippen molar-refractivity contribution in [2.45, 2.75) is 57.2 Å². The van der Waals surface area contributed by atoms with Crippen LogP contribution in [0.2, 0.25) is 0 Å². The fraction of sp³-hybridized carbons (Fsp3) is 0.923. The van der Waals surface area contributed by atoms with Crippen molar-refractivity contribution in [2.75, 3.05) is 19.3 Å². The summed E-state index contributed by atoms with van der Waals surface area (Å²) >= 11 is 0. The van der Waals surface area contributed by atoms with Crippen LogP contribution in [-0.2, 0) is 9.84 Å². The summed E-state index contributed by atoms with van der Waals surface area (Å²) in [6.07, 6.45) is 6.11. The monoisotopic (exact) mass is 417 g/mol. The molecule has 1 fully saturated rings. The maximum absolute atomic E-state index is 11.7.